The van der Waals surface area contributed by atoms with Gasteiger partial charge in [-0.15, -0.1) is 0 Å². The molecule has 1 aliphatic rings. The summed E-state index contributed by atoms with van der Waals surface area (Å²) in [6.45, 7) is 5.49. The summed E-state index contributed by atoms with van der Waals surface area (Å²) in [4.78, 5) is 23.5. The van der Waals surface area contributed by atoms with Gasteiger partial charge in [-0.3, -0.25) is 4.79 Å². The molecule has 2 aromatic carbocycles. The van der Waals surface area contributed by atoms with Crippen LogP contribution in [-0.2, 0) is 11.2 Å². The fraction of sp³-hybridized carbons (Fsp3) is 0.348. The minimum absolute atomic E-state index is 0.0993. The maximum Gasteiger partial charge on any atom is 0.242 e. The van der Waals surface area contributed by atoms with Crippen molar-refractivity contribution in [3.8, 4) is 0 Å². The number of aryl methyl sites for hydroxylation is 1. The van der Waals surface area contributed by atoms with Crippen LogP contribution in [0.2, 0.25) is 0 Å². The van der Waals surface area contributed by atoms with E-state index in [1.54, 1.807) is 12.1 Å². The van der Waals surface area contributed by atoms with Crippen molar-refractivity contribution >= 4 is 28.3 Å². The van der Waals surface area contributed by atoms with Crippen LogP contribution in [0.15, 0.2) is 48.5 Å². The minimum Gasteiger partial charge on any atom is -0.368 e. The zero-order valence-electron chi connectivity index (χ0n) is 17.8. The molecule has 1 fully saturated rings. The Balaban J connectivity index is 1.29. The highest BCUT2D eigenvalue weighted by Crippen LogP contribution is 2.21. The van der Waals surface area contributed by atoms with Crippen molar-refractivity contribution in [1.29, 1.82) is 0 Å². The Morgan fingerprint density at radius 2 is 1.81 bits per heavy atom. The average molecular weight is 440 g/mol. The summed E-state index contributed by atoms with van der Waals surface area (Å²) in [5.74, 6) is 0.522. The van der Waals surface area contributed by atoms with E-state index in [0.717, 1.165) is 18.7 Å². The fourth-order valence-corrected chi connectivity index (χ4v) is 4.38. The third kappa shape index (κ3) is 5.19. The second kappa shape index (κ2) is 9.43. The minimum atomic E-state index is -0.256. The second-order valence-electron chi connectivity index (χ2n) is 7.81. The summed E-state index contributed by atoms with van der Waals surface area (Å²) >= 11 is 1.28. The number of benzene rings is 2. The number of nitrogens with zero attached hydrogens (tertiary/aromatic N) is 5. The molecular weight excluding hydrogens is 413 g/mol. The number of aromatic nitrogens is 2. The van der Waals surface area contributed by atoms with E-state index in [-0.39, 0.29) is 18.3 Å². The van der Waals surface area contributed by atoms with Crippen LogP contribution in [-0.4, -0.2) is 59.9 Å². The molecule has 1 saturated heterocycles. The topological polar surface area (TPSA) is 52.6 Å². The van der Waals surface area contributed by atoms with Crippen LogP contribution < -0.4 is 9.80 Å². The van der Waals surface area contributed by atoms with Gasteiger partial charge in [-0.25, -0.2) is 9.37 Å². The lowest BCUT2D eigenvalue weighted by atomic mass is 10.1. The van der Waals surface area contributed by atoms with Gasteiger partial charge < -0.3 is 14.7 Å². The summed E-state index contributed by atoms with van der Waals surface area (Å²) in [5, 5.41) is 0.712. The highest BCUT2D eigenvalue weighted by molar-refractivity contribution is 7.09. The van der Waals surface area contributed by atoms with E-state index in [1.807, 2.05) is 22.9 Å². The maximum atomic E-state index is 13.1. The number of rotatable bonds is 6. The van der Waals surface area contributed by atoms with Crippen molar-refractivity contribution in [2.75, 3.05) is 49.6 Å². The van der Waals surface area contributed by atoms with E-state index in [4.69, 9.17) is 0 Å². The average Bonchev–Trinajstić information content (AvgIpc) is 3.24. The van der Waals surface area contributed by atoms with Gasteiger partial charge in [0.2, 0.25) is 11.0 Å². The highest BCUT2D eigenvalue weighted by Gasteiger charge is 2.23. The molecule has 0 saturated carbocycles. The lowest BCUT2D eigenvalue weighted by Gasteiger charge is -2.37. The lowest BCUT2D eigenvalue weighted by Crippen LogP contribution is -2.51. The van der Waals surface area contributed by atoms with Gasteiger partial charge in [-0.05, 0) is 36.2 Å². The molecule has 0 radical (unpaired) electrons. The number of halogens is 1. The quantitative estimate of drug-likeness (QED) is 0.590. The van der Waals surface area contributed by atoms with Crippen LogP contribution in [0, 0.1) is 12.7 Å². The molecule has 0 unspecified atom stereocenters. The van der Waals surface area contributed by atoms with Crippen LogP contribution in [0.1, 0.15) is 17.0 Å². The fourth-order valence-electron chi connectivity index (χ4n) is 3.74. The molecule has 162 valence electrons. The van der Waals surface area contributed by atoms with Crippen LogP contribution in [0.25, 0.3) is 0 Å². The summed E-state index contributed by atoms with van der Waals surface area (Å²) in [7, 11) is 1.86. The zero-order chi connectivity index (χ0) is 21.8. The van der Waals surface area contributed by atoms with Gasteiger partial charge in [0.15, 0.2) is 0 Å². The molecule has 0 atom stereocenters. The number of piperazine rings is 1. The maximum absolute atomic E-state index is 13.1. The predicted octanol–water partition coefficient (Wildman–Crippen LogP) is 3.36. The molecule has 4 rings (SSSR count). The van der Waals surface area contributed by atoms with Crippen molar-refractivity contribution in [3.05, 3.63) is 71.3 Å². The van der Waals surface area contributed by atoms with Gasteiger partial charge in [-0.2, -0.15) is 4.37 Å². The Bertz CT molecular complexity index is 1030. The Kier molecular flexibility index (Phi) is 6.46. The number of amides is 1. The molecule has 0 N–H and O–H groups in total. The molecule has 0 spiro atoms. The van der Waals surface area contributed by atoms with Gasteiger partial charge in [0.05, 0.1) is 6.54 Å². The van der Waals surface area contributed by atoms with Gasteiger partial charge in [0.25, 0.3) is 0 Å². The first-order chi connectivity index (χ1) is 15.0. The molecule has 1 aliphatic heterocycles. The van der Waals surface area contributed by atoms with Crippen molar-refractivity contribution in [2.45, 2.75) is 13.3 Å². The second-order valence-corrected chi connectivity index (χ2v) is 8.54. The predicted molar refractivity (Wildman–Crippen MR) is 122 cm³/mol. The van der Waals surface area contributed by atoms with E-state index in [1.165, 1.54) is 34.9 Å². The van der Waals surface area contributed by atoms with Crippen LogP contribution in [0.4, 0.5) is 15.2 Å². The van der Waals surface area contributed by atoms with Gasteiger partial charge in [-0.1, -0.05) is 30.3 Å². The first-order valence-corrected chi connectivity index (χ1v) is 11.1. The standard InChI is InChI=1S/C23H26FN5OS/c1-17-5-3-4-6-20(17)28-11-13-29(14-12-28)22(30)16-27(2)23-25-21(26-31-23)15-18-7-9-19(24)10-8-18/h3-10H,11-16H2,1-2H3. The first-order valence-electron chi connectivity index (χ1n) is 10.4. The Morgan fingerprint density at radius 1 is 1.10 bits per heavy atom. The lowest BCUT2D eigenvalue weighted by molar-refractivity contribution is -0.129. The molecule has 2 heterocycles. The molecule has 1 amide bonds. The van der Waals surface area contributed by atoms with E-state index in [9.17, 15) is 9.18 Å². The van der Waals surface area contributed by atoms with Crippen LogP contribution in [0.5, 0.6) is 0 Å². The molecule has 8 heteroatoms. The van der Waals surface area contributed by atoms with Gasteiger partial charge in [0, 0.05) is 56.9 Å². The van der Waals surface area contributed by atoms with E-state index in [0.29, 0.717) is 30.5 Å². The molecular formula is C23H26FN5OS. The molecule has 1 aromatic heterocycles. The van der Waals surface area contributed by atoms with Gasteiger partial charge >= 0.3 is 0 Å². The molecule has 0 bridgehead atoms. The van der Waals surface area contributed by atoms with E-state index < -0.39 is 0 Å². The van der Waals surface area contributed by atoms with E-state index in [2.05, 4.69) is 39.4 Å². The number of hydrogen-bond acceptors (Lipinski definition) is 6. The van der Waals surface area contributed by atoms with Crippen molar-refractivity contribution in [1.82, 2.24) is 14.3 Å². The van der Waals surface area contributed by atoms with Crippen molar-refractivity contribution < 1.29 is 9.18 Å². The summed E-state index contributed by atoms with van der Waals surface area (Å²) in [5.41, 5.74) is 3.46. The number of hydrogen-bond donors (Lipinski definition) is 0. The summed E-state index contributed by atoms with van der Waals surface area (Å²) in [6.07, 6.45) is 0.541. The highest BCUT2D eigenvalue weighted by atomic mass is 32.1. The smallest absolute Gasteiger partial charge is 0.242 e. The number of carbonyl (C=O) groups excluding carboxylic acids is 1. The van der Waals surface area contributed by atoms with Crippen LogP contribution in [0.3, 0.4) is 0 Å². The van der Waals surface area contributed by atoms with Crippen molar-refractivity contribution in [3.63, 3.8) is 0 Å². The molecule has 0 aliphatic carbocycles. The zero-order valence-corrected chi connectivity index (χ0v) is 18.6. The summed E-state index contributed by atoms with van der Waals surface area (Å²) in [6, 6.07) is 14.7. The Hall–Kier alpha value is -3.00. The molecule has 3 aromatic rings. The van der Waals surface area contributed by atoms with Gasteiger partial charge in [0.1, 0.15) is 11.6 Å². The monoisotopic (exact) mass is 439 g/mol. The van der Waals surface area contributed by atoms with Crippen molar-refractivity contribution in [2.24, 2.45) is 0 Å². The van der Waals surface area contributed by atoms with Crippen LogP contribution >= 0.6 is 11.5 Å². The molecule has 31 heavy (non-hydrogen) atoms. The molecule has 6 nitrogen and oxygen atoms in total. The third-order valence-corrected chi connectivity index (χ3v) is 6.39. The largest absolute Gasteiger partial charge is 0.368 e. The number of anilines is 2. The number of para-hydroxylation sites is 1. The normalized spacial score (nSPS) is 14.0. The number of likely N-dealkylation sites (N-methyl/N-ethyl adjacent to an activating group) is 1. The first kappa shape index (κ1) is 21.2. The number of carbonyl (C=O) groups is 1. The van der Waals surface area contributed by atoms with E-state index >= 15 is 0 Å². The Morgan fingerprint density at radius 3 is 2.52 bits per heavy atom. The third-order valence-electron chi connectivity index (χ3n) is 5.52. The SMILES string of the molecule is Cc1ccccc1N1CCN(C(=O)CN(C)c2nc(Cc3ccc(F)cc3)ns2)CC1. The summed E-state index contributed by atoms with van der Waals surface area (Å²) < 4.78 is 17.5. The Labute approximate surface area is 186 Å².